The average molecular weight is 465 g/mol. The fraction of sp³-hybridized carbons (Fsp3) is 0.423. The van der Waals surface area contributed by atoms with E-state index in [1.807, 2.05) is 54.6 Å². The zero-order valence-corrected chi connectivity index (χ0v) is 19.6. The molecule has 8 nitrogen and oxygen atoms in total. The molecule has 8 heteroatoms. The van der Waals surface area contributed by atoms with Crippen LogP contribution in [-0.4, -0.2) is 73.9 Å². The molecule has 2 aliphatic heterocycles. The Bertz CT molecular complexity index is 988. The van der Waals surface area contributed by atoms with Crippen LogP contribution >= 0.6 is 0 Å². The number of benzene rings is 2. The van der Waals surface area contributed by atoms with E-state index in [1.165, 1.54) is 5.01 Å². The number of carbonyl (C=O) groups excluding carboxylic acids is 2. The zero-order chi connectivity index (χ0) is 23.8. The maximum Gasteiger partial charge on any atom is 0.243 e. The van der Waals surface area contributed by atoms with Crippen LogP contribution in [0.3, 0.4) is 0 Å². The van der Waals surface area contributed by atoms with Crippen molar-refractivity contribution in [3.8, 4) is 5.75 Å². The molecule has 2 amide bonds. The Balaban J connectivity index is 1.29. The van der Waals surface area contributed by atoms with Gasteiger partial charge in [0.15, 0.2) is 0 Å². The number of ether oxygens (including phenoxy) is 2. The third-order valence-corrected chi connectivity index (χ3v) is 6.24. The molecule has 180 valence electrons. The summed E-state index contributed by atoms with van der Waals surface area (Å²) in [6.45, 7) is 4.00. The molecule has 0 spiro atoms. The molecule has 0 radical (unpaired) electrons. The van der Waals surface area contributed by atoms with Crippen LogP contribution in [0, 0.1) is 0 Å². The molecule has 2 aliphatic rings. The van der Waals surface area contributed by atoms with E-state index in [4.69, 9.17) is 9.47 Å². The van der Waals surface area contributed by atoms with Crippen molar-refractivity contribution in [2.24, 2.45) is 5.10 Å². The van der Waals surface area contributed by atoms with Gasteiger partial charge < -0.3 is 14.8 Å². The highest BCUT2D eigenvalue weighted by atomic mass is 16.5. The van der Waals surface area contributed by atoms with E-state index in [2.05, 4.69) is 15.3 Å². The second-order valence-electron chi connectivity index (χ2n) is 8.42. The third-order valence-electron chi connectivity index (χ3n) is 6.24. The molecule has 1 N–H and O–H groups in total. The molecule has 1 fully saturated rings. The smallest absolute Gasteiger partial charge is 0.243 e. The van der Waals surface area contributed by atoms with E-state index < -0.39 is 0 Å². The number of rotatable bonds is 9. The predicted molar refractivity (Wildman–Crippen MR) is 130 cm³/mol. The molecule has 0 saturated carbocycles. The Morgan fingerprint density at radius 1 is 1.03 bits per heavy atom. The molecule has 2 aromatic rings. The summed E-state index contributed by atoms with van der Waals surface area (Å²) in [6.07, 6.45) is 1.01. The molecule has 0 unspecified atom stereocenters. The molecular formula is C26H32N4O4. The lowest BCUT2D eigenvalue weighted by Crippen LogP contribution is -2.43. The first-order valence-corrected chi connectivity index (χ1v) is 11.8. The number of nitrogens with one attached hydrogen (secondary N) is 1. The van der Waals surface area contributed by atoms with Gasteiger partial charge in [0.25, 0.3) is 0 Å². The molecule has 1 atom stereocenters. The van der Waals surface area contributed by atoms with Crippen molar-refractivity contribution in [1.29, 1.82) is 0 Å². The minimum absolute atomic E-state index is 0.0334. The number of amides is 2. The van der Waals surface area contributed by atoms with Gasteiger partial charge in [0.2, 0.25) is 11.8 Å². The van der Waals surface area contributed by atoms with Gasteiger partial charge in [0.05, 0.1) is 38.6 Å². The second-order valence-corrected chi connectivity index (χ2v) is 8.42. The molecule has 0 aromatic heterocycles. The van der Waals surface area contributed by atoms with Gasteiger partial charge in [-0.05, 0) is 23.3 Å². The molecule has 2 heterocycles. The molecule has 34 heavy (non-hydrogen) atoms. The van der Waals surface area contributed by atoms with Gasteiger partial charge in [-0.1, -0.05) is 42.5 Å². The van der Waals surface area contributed by atoms with E-state index in [9.17, 15) is 9.59 Å². The van der Waals surface area contributed by atoms with E-state index in [0.29, 0.717) is 26.3 Å². The summed E-state index contributed by atoms with van der Waals surface area (Å²) in [5, 5.41) is 8.98. The lowest BCUT2D eigenvalue weighted by Gasteiger charge is -2.35. The third kappa shape index (κ3) is 6.21. The number of methoxy groups -OCH3 is 1. The van der Waals surface area contributed by atoms with E-state index in [-0.39, 0.29) is 30.7 Å². The van der Waals surface area contributed by atoms with E-state index in [1.54, 1.807) is 7.11 Å². The lowest BCUT2D eigenvalue weighted by molar-refractivity contribution is -0.133. The quantitative estimate of drug-likeness (QED) is 0.617. The fourth-order valence-corrected chi connectivity index (χ4v) is 4.29. The highest BCUT2D eigenvalue weighted by Crippen LogP contribution is 2.24. The second kappa shape index (κ2) is 11.8. The van der Waals surface area contributed by atoms with Gasteiger partial charge in [0.1, 0.15) is 5.75 Å². The standard InChI is InChI=1S/C26H32N4O4/c1-33-22-9-7-21(8-10-22)24(29-15-17-34-18-16-29)19-27-25(31)11-12-26(32)30-14-13-23(28-30)20-5-3-2-4-6-20/h2-10,24H,11-19H2,1H3,(H,27,31)/t24-/m1/s1. The van der Waals surface area contributed by atoms with Gasteiger partial charge >= 0.3 is 0 Å². The maximum absolute atomic E-state index is 12.6. The largest absolute Gasteiger partial charge is 0.497 e. The first kappa shape index (κ1) is 23.9. The highest BCUT2D eigenvalue weighted by Gasteiger charge is 2.25. The van der Waals surface area contributed by atoms with Gasteiger partial charge in [-0.15, -0.1) is 0 Å². The summed E-state index contributed by atoms with van der Waals surface area (Å²) in [6, 6.07) is 17.8. The molecule has 0 aliphatic carbocycles. The minimum atomic E-state index is -0.133. The van der Waals surface area contributed by atoms with Crippen LogP contribution < -0.4 is 10.1 Å². The SMILES string of the molecule is COc1ccc([C@@H](CNC(=O)CCC(=O)N2CCC(c3ccccc3)=N2)N2CCOCC2)cc1. The molecule has 1 saturated heterocycles. The van der Waals surface area contributed by atoms with Crippen molar-refractivity contribution in [2.75, 3.05) is 46.5 Å². The summed E-state index contributed by atoms with van der Waals surface area (Å²) in [5.41, 5.74) is 3.05. The lowest BCUT2D eigenvalue weighted by atomic mass is 10.0. The van der Waals surface area contributed by atoms with Crippen molar-refractivity contribution in [1.82, 2.24) is 15.2 Å². The van der Waals surface area contributed by atoms with Crippen LogP contribution in [-0.2, 0) is 14.3 Å². The van der Waals surface area contributed by atoms with Gasteiger partial charge in [-0.2, -0.15) is 5.10 Å². The van der Waals surface area contributed by atoms with Crippen LogP contribution in [0.25, 0.3) is 0 Å². The number of hydrazone groups is 1. The van der Waals surface area contributed by atoms with Crippen LogP contribution in [0.1, 0.15) is 36.4 Å². The van der Waals surface area contributed by atoms with Crippen molar-refractivity contribution < 1.29 is 19.1 Å². The fourth-order valence-electron chi connectivity index (χ4n) is 4.29. The predicted octanol–water partition coefficient (Wildman–Crippen LogP) is 2.60. The van der Waals surface area contributed by atoms with Crippen molar-refractivity contribution in [3.63, 3.8) is 0 Å². The van der Waals surface area contributed by atoms with Crippen LogP contribution in [0.2, 0.25) is 0 Å². The average Bonchev–Trinajstić information content (AvgIpc) is 3.39. The topological polar surface area (TPSA) is 83.5 Å². The summed E-state index contributed by atoms with van der Waals surface area (Å²) in [4.78, 5) is 27.5. The zero-order valence-electron chi connectivity index (χ0n) is 19.6. The normalized spacial score (nSPS) is 17.2. The van der Waals surface area contributed by atoms with Crippen molar-refractivity contribution in [3.05, 3.63) is 65.7 Å². The molecule has 0 bridgehead atoms. The Labute approximate surface area is 200 Å². The van der Waals surface area contributed by atoms with Crippen LogP contribution in [0.5, 0.6) is 5.75 Å². The summed E-state index contributed by atoms with van der Waals surface area (Å²) in [7, 11) is 1.64. The van der Waals surface area contributed by atoms with E-state index >= 15 is 0 Å². The minimum Gasteiger partial charge on any atom is -0.497 e. The summed E-state index contributed by atoms with van der Waals surface area (Å²) < 4.78 is 10.8. The Kier molecular flexibility index (Phi) is 8.27. The Morgan fingerprint density at radius 2 is 1.76 bits per heavy atom. The number of nitrogens with zero attached hydrogens (tertiary/aromatic N) is 3. The number of hydrogen-bond acceptors (Lipinski definition) is 6. The first-order valence-electron chi connectivity index (χ1n) is 11.8. The Hall–Kier alpha value is -3.23. The maximum atomic E-state index is 12.6. The summed E-state index contributed by atoms with van der Waals surface area (Å²) >= 11 is 0. The Morgan fingerprint density at radius 3 is 2.47 bits per heavy atom. The molecular weight excluding hydrogens is 432 g/mol. The summed E-state index contributed by atoms with van der Waals surface area (Å²) in [5.74, 6) is 0.541. The number of hydrogen-bond donors (Lipinski definition) is 1. The monoisotopic (exact) mass is 464 g/mol. The number of morpholine rings is 1. The molecule has 4 rings (SSSR count). The van der Waals surface area contributed by atoms with Crippen molar-refractivity contribution >= 4 is 17.5 Å². The van der Waals surface area contributed by atoms with E-state index in [0.717, 1.165) is 42.1 Å². The van der Waals surface area contributed by atoms with Crippen LogP contribution in [0.15, 0.2) is 59.7 Å². The highest BCUT2D eigenvalue weighted by molar-refractivity contribution is 6.02. The van der Waals surface area contributed by atoms with Gasteiger partial charge in [0, 0.05) is 38.9 Å². The van der Waals surface area contributed by atoms with Gasteiger partial charge in [-0.25, -0.2) is 5.01 Å². The van der Waals surface area contributed by atoms with Crippen molar-refractivity contribution in [2.45, 2.75) is 25.3 Å². The molecule has 2 aromatic carbocycles. The first-order chi connectivity index (χ1) is 16.6. The van der Waals surface area contributed by atoms with Gasteiger partial charge in [-0.3, -0.25) is 14.5 Å². The van der Waals surface area contributed by atoms with Crippen LogP contribution in [0.4, 0.5) is 0 Å². The number of carbonyl (C=O) groups is 2.